The van der Waals surface area contributed by atoms with Crippen molar-refractivity contribution in [1.29, 1.82) is 0 Å². The first-order valence-corrected chi connectivity index (χ1v) is 10.5. The van der Waals surface area contributed by atoms with Crippen LogP contribution in [0.3, 0.4) is 0 Å². The summed E-state index contributed by atoms with van der Waals surface area (Å²) < 4.78 is 47.5. The molecule has 1 aliphatic heterocycles. The Balaban J connectivity index is 1.95. The van der Waals surface area contributed by atoms with Gasteiger partial charge in [-0.3, -0.25) is 14.4 Å². The number of Topliss-reactive ketones (excluding diaryl/α,β-unsaturated/α-hetero) is 1. The number of ether oxygens (including phenoxy) is 1. The molecule has 7 nitrogen and oxygen atoms in total. The summed E-state index contributed by atoms with van der Waals surface area (Å²) in [6, 6.07) is 0.937. The molecule has 0 aliphatic carbocycles. The van der Waals surface area contributed by atoms with Crippen molar-refractivity contribution in [2.45, 2.75) is 52.3 Å². The molecule has 2 heterocycles. The van der Waals surface area contributed by atoms with Gasteiger partial charge in [0, 0.05) is 37.5 Å². The number of fused-ring (bicyclic) bond motifs is 1. The molecule has 2 N–H and O–H groups in total. The maximum atomic E-state index is 13.8. The Labute approximate surface area is 188 Å². The number of hydrogen-bond donors (Lipinski definition) is 2. The fraction of sp³-hybridized carbons (Fsp3) is 0.435. The summed E-state index contributed by atoms with van der Waals surface area (Å²) in [4.78, 5) is 38.6. The number of halogens is 3. The zero-order valence-electron chi connectivity index (χ0n) is 18.5. The molecule has 0 saturated carbocycles. The molecule has 10 heteroatoms. The highest BCUT2D eigenvalue weighted by atomic mass is 19.1. The van der Waals surface area contributed by atoms with Crippen molar-refractivity contribution < 1.29 is 32.6 Å². The molecule has 33 heavy (non-hydrogen) atoms. The lowest BCUT2D eigenvalue weighted by atomic mass is 9.72. The molecule has 0 spiro atoms. The number of nitrogens with zero attached hydrogens (tertiary/aromatic N) is 1. The van der Waals surface area contributed by atoms with Crippen LogP contribution in [0.2, 0.25) is 0 Å². The first-order chi connectivity index (χ1) is 15.5. The minimum absolute atomic E-state index is 0.104. The van der Waals surface area contributed by atoms with E-state index in [0.29, 0.717) is 18.6 Å². The lowest BCUT2D eigenvalue weighted by Crippen LogP contribution is -2.49. The topological polar surface area (TPSA) is 97.6 Å². The molecule has 2 atom stereocenters. The zero-order valence-corrected chi connectivity index (χ0v) is 18.5. The number of ketones is 1. The second-order valence-electron chi connectivity index (χ2n) is 8.33. The van der Waals surface area contributed by atoms with Gasteiger partial charge in [-0.25, -0.2) is 13.2 Å². The van der Waals surface area contributed by atoms with Crippen molar-refractivity contribution in [3.8, 4) is 5.75 Å². The summed E-state index contributed by atoms with van der Waals surface area (Å²) in [7, 11) is 1.45. The molecule has 1 aliphatic rings. The molecule has 0 radical (unpaired) electrons. The van der Waals surface area contributed by atoms with Gasteiger partial charge in [-0.2, -0.15) is 0 Å². The van der Waals surface area contributed by atoms with Crippen LogP contribution in [0.4, 0.5) is 13.2 Å². The molecule has 0 saturated heterocycles. The van der Waals surface area contributed by atoms with Crippen LogP contribution in [0, 0.1) is 22.9 Å². The Morgan fingerprint density at radius 2 is 1.91 bits per heavy atom. The fourth-order valence-corrected chi connectivity index (χ4v) is 4.15. The van der Waals surface area contributed by atoms with Crippen LogP contribution in [0.25, 0.3) is 0 Å². The van der Waals surface area contributed by atoms with E-state index in [1.807, 2.05) is 6.92 Å². The van der Waals surface area contributed by atoms with Crippen LogP contribution in [0.1, 0.15) is 59.5 Å². The SMILES string of the molecule is CCCC[C@@]1(C)C(=O)c2c(O)c(=O)c(C(=O)NCc3c(F)cc(F)cc3F)cn2C[C@@H]1OC. The smallest absolute Gasteiger partial charge is 0.257 e. The van der Waals surface area contributed by atoms with Crippen LogP contribution < -0.4 is 10.7 Å². The van der Waals surface area contributed by atoms with Crippen molar-refractivity contribution in [3.05, 3.63) is 62.8 Å². The van der Waals surface area contributed by atoms with E-state index in [2.05, 4.69) is 5.32 Å². The van der Waals surface area contributed by atoms with E-state index in [4.69, 9.17) is 4.74 Å². The van der Waals surface area contributed by atoms with Crippen LogP contribution in [0.15, 0.2) is 23.1 Å². The van der Waals surface area contributed by atoms with E-state index in [9.17, 15) is 32.7 Å². The second-order valence-corrected chi connectivity index (χ2v) is 8.33. The molecule has 2 aromatic rings. The number of carbonyl (C=O) groups is 2. The Kier molecular flexibility index (Phi) is 6.97. The van der Waals surface area contributed by atoms with Crippen molar-refractivity contribution in [3.63, 3.8) is 0 Å². The second kappa shape index (κ2) is 9.38. The normalized spacial score (nSPS) is 19.9. The molecule has 1 amide bonds. The number of benzene rings is 1. The summed E-state index contributed by atoms with van der Waals surface area (Å²) in [5, 5.41) is 12.7. The van der Waals surface area contributed by atoms with Gasteiger partial charge >= 0.3 is 0 Å². The molecule has 0 fully saturated rings. The lowest BCUT2D eigenvalue weighted by molar-refractivity contribution is -0.0190. The van der Waals surface area contributed by atoms with Crippen molar-refractivity contribution in [2.75, 3.05) is 7.11 Å². The minimum atomic E-state index is -1.20. The van der Waals surface area contributed by atoms with Crippen molar-refractivity contribution in [1.82, 2.24) is 9.88 Å². The van der Waals surface area contributed by atoms with Gasteiger partial charge in [-0.05, 0) is 13.3 Å². The minimum Gasteiger partial charge on any atom is -0.503 e. The van der Waals surface area contributed by atoms with Gasteiger partial charge in [0.1, 0.15) is 28.7 Å². The van der Waals surface area contributed by atoms with Gasteiger partial charge in [-0.1, -0.05) is 19.8 Å². The monoisotopic (exact) mass is 466 g/mol. The van der Waals surface area contributed by atoms with Gasteiger partial charge in [0.15, 0.2) is 11.5 Å². The Morgan fingerprint density at radius 3 is 2.48 bits per heavy atom. The van der Waals surface area contributed by atoms with E-state index in [-0.39, 0.29) is 12.2 Å². The fourth-order valence-electron chi connectivity index (χ4n) is 4.15. The molecule has 3 rings (SSSR count). The van der Waals surface area contributed by atoms with Crippen LogP contribution in [-0.2, 0) is 17.8 Å². The number of carbonyl (C=O) groups excluding carboxylic acids is 2. The van der Waals surface area contributed by atoms with Crippen LogP contribution >= 0.6 is 0 Å². The molecule has 178 valence electrons. The average molecular weight is 466 g/mol. The molecule has 0 bridgehead atoms. The maximum Gasteiger partial charge on any atom is 0.257 e. The standard InChI is InChI=1S/C23H25F3N2O5/c1-4-5-6-23(2)17(33-3)11-28-10-14(19(29)20(30)18(28)21(23)31)22(32)27-9-13-15(25)7-12(24)8-16(13)26/h7-8,10,17,30H,4-6,9,11H2,1-3H3,(H,27,32)/t17-,23+/m0/s1. The first-order valence-electron chi connectivity index (χ1n) is 10.5. The van der Waals surface area contributed by atoms with Gasteiger partial charge in [0.25, 0.3) is 5.91 Å². The predicted octanol–water partition coefficient (Wildman–Crippen LogP) is 3.31. The first kappa shape index (κ1) is 24.5. The Morgan fingerprint density at radius 1 is 1.27 bits per heavy atom. The highest BCUT2D eigenvalue weighted by Crippen LogP contribution is 2.40. The summed E-state index contributed by atoms with van der Waals surface area (Å²) in [6.07, 6.45) is 2.62. The molecule has 0 unspecified atom stereocenters. The summed E-state index contributed by atoms with van der Waals surface area (Å²) >= 11 is 0. The Hall–Kier alpha value is -3.14. The predicted molar refractivity (Wildman–Crippen MR) is 113 cm³/mol. The summed E-state index contributed by atoms with van der Waals surface area (Å²) in [5.41, 5.74) is -3.36. The van der Waals surface area contributed by atoms with Crippen LogP contribution in [0.5, 0.6) is 5.75 Å². The van der Waals surface area contributed by atoms with E-state index >= 15 is 0 Å². The summed E-state index contributed by atoms with van der Waals surface area (Å²) in [5.74, 6) is -5.86. The molecule has 1 aromatic heterocycles. The van der Waals surface area contributed by atoms with Gasteiger partial charge in [-0.15, -0.1) is 0 Å². The number of nitrogens with one attached hydrogen (secondary N) is 1. The largest absolute Gasteiger partial charge is 0.503 e. The third-order valence-electron chi connectivity index (χ3n) is 6.17. The number of rotatable bonds is 7. The van der Waals surface area contributed by atoms with Crippen LogP contribution in [-0.4, -0.2) is 34.6 Å². The number of aromatic nitrogens is 1. The highest BCUT2D eigenvalue weighted by Gasteiger charge is 2.47. The number of hydrogen-bond acceptors (Lipinski definition) is 5. The quantitative estimate of drug-likeness (QED) is 0.653. The molecule has 1 aromatic carbocycles. The van der Waals surface area contributed by atoms with E-state index < -0.39 is 69.5 Å². The molecular weight excluding hydrogens is 441 g/mol. The van der Waals surface area contributed by atoms with E-state index in [0.717, 1.165) is 19.0 Å². The third kappa shape index (κ3) is 4.39. The maximum absolute atomic E-state index is 13.8. The lowest BCUT2D eigenvalue weighted by Gasteiger charge is -2.41. The number of methoxy groups -OCH3 is 1. The third-order valence-corrected chi connectivity index (χ3v) is 6.17. The van der Waals surface area contributed by atoms with Crippen molar-refractivity contribution >= 4 is 11.7 Å². The number of unbranched alkanes of at least 4 members (excludes halogenated alkanes) is 1. The Bertz CT molecular complexity index is 1140. The number of pyridine rings is 1. The van der Waals surface area contributed by atoms with E-state index in [1.54, 1.807) is 6.92 Å². The zero-order chi connectivity index (χ0) is 24.5. The molecular formula is C23H25F3N2O5. The number of aromatic hydroxyl groups is 1. The van der Waals surface area contributed by atoms with Gasteiger partial charge in [0.2, 0.25) is 5.43 Å². The van der Waals surface area contributed by atoms with E-state index in [1.165, 1.54) is 11.7 Å². The van der Waals surface area contributed by atoms with Crippen molar-refractivity contribution in [2.24, 2.45) is 5.41 Å². The summed E-state index contributed by atoms with van der Waals surface area (Å²) in [6.45, 7) is 3.14. The number of amides is 1. The van der Waals surface area contributed by atoms with Gasteiger partial charge < -0.3 is 19.7 Å². The average Bonchev–Trinajstić information content (AvgIpc) is 2.76. The van der Waals surface area contributed by atoms with Gasteiger partial charge in [0.05, 0.1) is 18.1 Å². The highest BCUT2D eigenvalue weighted by molar-refractivity contribution is 6.03.